The number of likely N-dealkylation sites (N-methyl/N-ethyl adjacent to an activating group) is 1. The van der Waals surface area contributed by atoms with E-state index in [2.05, 4.69) is 5.32 Å². The molecule has 0 aliphatic heterocycles. The minimum Gasteiger partial charge on any atom is -0.354 e. The lowest BCUT2D eigenvalue weighted by molar-refractivity contribution is -0.116. The van der Waals surface area contributed by atoms with Crippen LogP contribution >= 0.6 is 11.3 Å². The van der Waals surface area contributed by atoms with E-state index in [9.17, 15) is 4.79 Å². The first kappa shape index (κ1) is 9.49. The van der Waals surface area contributed by atoms with Gasteiger partial charge in [0.1, 0.15) is 11.6 Å². The molecule has 4 heteroatoms. The van der Waals surface area contributed by atoms with Gasteiger partial charge < -0.3 is 5.32 Å². The van der Waals surface area contributed by atoms with E-state index in [1.165, 1.54) is 18.4 Å². The van der Waals surface area contributed by atoms with E-state index >= 15 is 0 Å². The van der Waals surface area contributed by atoms with Gasteiger partial charge in [0.15, 0.2) is 0 Å². The van der Waals surface area contributed by atoms with Crippen LogP contribution in [0.2, 0.25) is 0 Å². The second-order valence-corrected chi connectivity index (χ2v) is 3.24. The highest BCUT2D eigenvalue weighted by atomic mass is 32.1. The summed E-state index contributed by atoms with van der Waals surface area (Å²) in [6.07, 6.45) is 1.57. The SMILES string of the molecule is CNC(=O)/C(C#N)=C/c1cccs1. The molecular weight excluding hydrogens is 184 g/mol. The predicted octanol–water partition coefficient (Wildman–Crippen LogP) is 1.40. The minimum absolute atomic E-state index is 0.130. The molecule has 1 aromatic heterocycles. The van der Waals surface area contributed by atoms with Crippen LogP contribution < -0.4 is 5.32 Å². The number of nitrogens with one attached hydrogen (secondary N) is 1. The molecule has 66 valence electrons. The maximum atomic E-state index is 11.1. The molecule has 0 aliphatic carbocycles. The van der Waals surface area contributed by atoms with E-state index in [0.717, 1.165) is 4.88 Å². The Morgan fingerprint density at radius 1 is 1.77 bits per heavy atom. The van der Waals surface area contributed by atoms with Crippen molar-refractivity contribution in [3.8, 4) is 6.07 Å². The first-order valence-corrected chi connectivity index (χ1v) is 4.53. The number of thiophene rings is 1. The number of nitrogens with zero attached hydrogens (tertiary/aromatic N) is 1. The van der Waals surface area contributed by atoms with Crippen molar-refractivity contribution in [3.63, 3.8) is 0 Å². The Kier molecular flexibility index (Phi) is 3.23. The van der Waals surface area contributed by atoms with Gasteiger partial charge in [-0.25, -0.2) is 0 Å². The highest BCUT2D eigenvalue weighted by molar-refractivity contribution is 7.10. The third-order valence-corrected chi connectivity index (χ3v) is 2.24. The second kappa shape index (κ2) is 4.43. The van der Waals surface area contributed by atoms with Gasteiger partial charge in [-0.05, 0) is 17.5 Å². The standard InChI is InChI=1S/C9H8N2OS/c1-11-9(12)7(6-10)5-8-3-2-4-13-8/h2-5H,1H3,(H,11,12)/b7-5+. The maximum Gasteiger partial charge on any atom is 0.261 e. The smallest absolute Gasteiger partial charge is 0.261 e. The van der Waals surface area contributed by atoms with Crippen molar-refractivity contribution in [1.29, 1.82) is 5.26 Å². The summed E-state index contributed by atoms with van der Waals surface area (Å²) in [4.78, 5) is 12.0. The fourth-order valence-corrected chi connectivity index (χ4v) is 1.46. The first-order chi connectivity index (χ1) is 6.27. The van der Waals surface area contributed by atoms with Gasteiger partial charge in [0.05, 0.1) is 0 Å². The Morgan fingerprint density at radius 3 is 3.00 bits per heavy atom. The Labute approximate surface area is 80.3 Å². The van der Waals surface area contributed by atoms with Crippen molar-refractivity contribution >= 4 is 23.3 Å². The van der Waals surface area contributed by atoms with Crippen molar-refractivity contribution in [3.05, 3.63) is 28.0 Å². The van der Waals surface area contributed by atoms with Gasteiger partial charge in [-0.15, -0.1) is 11.3 Å². The Bertz CT molecular complexity index is 359. The number of amides is 1. The number of rotatable bonds is 2. The highest BCUT2D eigenvalue weighted by Crippen LogP contribution is 2.12. The normalized spacial score (nSPS) is 10.6. The molecule has 1 heterocycles. The number of hydrogen-bond donors (Lipinski definition) is 1. The summed E-state index contributed by atoms with van der Waals surface area (Å²) in [6, 6.07) is 5.57. The lowest BCUT2D eigenvalue weighted by atomic mass is 10.2. The molecule has 0 radical (unpaired) electrons. The molecule has 1 amide bonds. The average Bonchev–Trinajstić information content (AvgIpc) is 2.65. The summed E-state index contributed by atoms with van der Waals surface area (Å²) >= 11 is 1.49. The zero-order valence-corrected chi connectivity index (χ0v) is 7.89. The van der Waals surface area contributed by atoms with Gasteiger partial charge in [-0.3, -0.25) is 4.79 Å². The summed E-state index contributed by atoms with van der Waals surface area (Å²) in [5.41, 5.74) is 0.130. The van der Waals surface area contributed by atoms with E-state index < -0.39 is 0 Å². The van der Waals surface area contributed by atoms with Gasteiger partial charge in [0, 0.05) is 11.9 Å². The summed E-state index contributed by atoms with van der Waals surface area (Å²) in [6.45, 7) is 0. The average molecular weight is 192 g/mol. The van der Waals surface area contributed by atoms with E-state index in [4.69, 9.17) is 5.26 Å². The van der Waals surface area contributed by atoms with Gasteiger partial charge in [-0.1, -0.05) is 6.07 Å². The lowest BCUT2D eigenvalue weighted by Gasteiger charge is -1.94. The van der Waals surface area contributed by atoms with E-state index in [0.29, 0.717) is 0 Å². The van der Waals surface area contributed by atoms with Crippen molar-refractivity contribution in [2.24, 2.45) is 0 Å². The lowest BCUT2D eigenvalue weighted by Crippen LogP contribution is -2.18. The van der Waals surface area contributed by atoms with Gasteiger partial charge >= 0.3 is 0 Å². The first-order valence-electron chi connectivity index (χ1n) is 3.65. The number of nitriles is 1. The molecule has 0 spiro atoms. The molecule has 3 nitrogen and oxygen atoms in total. The predicted molar refractivity (Wildman–Crippen MR) is 52.0 cm³/mol. The summed E-state index contributed by atoms with van der Waals surface area (Å²) in [5, 5.41) is 12.9. The molecule has 0 aliphatic rings. The van der Waals surface area contributed by atoms with Gasteiger partial charge in [0.2, 0.25) is 0 Å². The Hall–Kier alpha value is -1.60. The molecule has 13 heavy (non-hydrogen) atoms. The molecule has 0 unspecified atom stereocenters. The highest BCUT2D eigenvalue weighted by Gasteiger charge is 2.05. The molecule has 0 fully saturated rings. The molecule has 0 saturated carbocycles. The summed E-state index contributed by atoms with van der Waals surface area (Å²) in [7, 11) is 1.50. The van der Waals surface area contributed by atoms with Crippen LogP contribution in [0, 0.1) is 11.3 Å². The van der Waals surface area contributed by atoms with Crippen molar-refractivity contribution in [1.82, 2.24) is 5.32 Å². The summed E-state index contributed by atoms with van der Waals surface area (Å²) in [5.74, 6) is -0.351. The molecule has 1 aromatic rings. The van der Waals surface area contributed by atoms with Crippen LogP contribution in [-0.2, 0) is 4.79 Å². The summed E-state index contributed by atoms with van der Waals surface area (Å²) < 4.78 is 0. The minimum atomic E-state index is -0.351. The molecule has 0 bridgehead atoms. The topological polar surface area (TPSA) is 52.9 Å². The second-order valence-electron chi connectivity index (χ2n) is 2.26. The third-order valence-electron chi connectivity index (χ3n) is 1.42. The number of carbonyl (C=O) groups is 1. The Balaban J connectivity index is 2.91. The van der Waals surface area contributed by atoms with E-state index in [1.807, 2.05) is 23.6 Å². The Morgan fingerprint density at radius 2 is 2.54 bits per heavy atom. The van der Waals surface area contributed by atoms with E-state index in [-0.39, 0.29) is 11.5 Å². The largest absolute Gasteiger partial charge is 0.354 e. The number of hydrogen-bond acceptors (Lipinski definition) is 3. The van der Waals surface area contributed by atoms with Crippen LogP contribution in [0.4, 0.5) is 0 Å². The maximum absolute atomic E-state index is 11.1. The van der Waals surface area contributed by atoms with Crippen molar-refractivity contribution < 1.29 is 4.79 Å². The quantitative estimate of drug-likeness (QED) is 0.569. The monoisotopic (exact) mass is 192 g/mol. The fraction of sp³-hybridized carbons (Fsp3) is 0.111. The van der Waals surface area contributed by atoms with E-state index in [1.54, 1.807) is 6.08 Å². The third kappa shape index (κ3) is 2.42. The van der Waals surface area contributed by atoms with Gasteiger partial charge in [0.25, 0.3) is 5.91 Å². The van der Waals surface area contributed by atoms with Crippen LogP contribution in [0.25, 0.3) is 6.08 Å². The van der Waals surface area contributed by atoms with Crippen LogP contribution in [0.3, 0.4) is 0 Å². The van der Waals surface area contributed by atoms with Gasteiger partial charge in [-0.2, -0.15) is 5.26 Å². The molecule has 0 saturated heterocycles. The molecule has 0 aromatic carbocycles. The van der Waals surface area contributed by atoms with Crippen LogP contribution in [0.1, 0.15) is 4.88 Å². The van der Waals surface area contributed by atoms with Crippen molar-refractivity contribution in [2.75, 3.05) is 7.05 Å². The zero-order chi connectivity index (χ0) is 9.68. The molecule has 1 N–H and O–H groups in total. The van der Waals surface area contributed by atoms with Crippen LogP contribution in [0.15, 0.2) is 23.1 Å². The molecular formula is C9H8N2OS. The fourth-order valence-electron chi connectivity index (χ4n) is 0.799. The molecule has 0 atom stereocenters. The van der Waals surface area contributed by atoms with Crippen LogP contribution in [-0.4, -0.2) is 13.0 Å². The number of carbonyl (C=O) groups excluding carboxylic acids is 1. The zero-order valence-electron chi connectivity index (χ0n) is 7.07. The van der Waals surface area contributed by atoms with Crippen molar-refractivity contribution in [2.45, 2.75) is 0 Å². The molecule has 1 rings (SSSR count). The van der Waals surface area contributed by atoms with Crippen LogP contribution in [0.5, 0.6) is 0 Å².